The van der Waals surface area contributed by atoms with Crippen molar-refractivity contribution in [3.63, 3.8) is 0 Å². The van der Waals surface area contributed by atoms with Crippen LogP contribution in [0.1, 0.15) is 23.5 Å². The zero-order chi connectivity index (χ0) is 20.8. The van der Waals surface area contributed by atoms with Crippen molar-refractivity contribution in [1.29, 1.82) is 5.26 Å². The van der Waals surface area contributed by atoms with Crippen LogP contribution in [0.5, 0.6) is 11.5 Å². The van der Waals surface area contributed by atoms with E-state index in [0.717, 1.165) is 20.8 Å². The van der Waals surface area contributed by atoms with Crippen LogP contribution in [0.25, 0.3) is 16.3 Å². The Kier molecular flexibility index (Phi) is 6.47. The molecule has 1 amide bonds. The summed E-state index contributed by atoms with van der Waals surface area (Å²) in [6.07, 6.45) is 3.24. The molecule has 1 atom stereocenters. The van der Waals surface area contributed by atoms with Gasteiger partial charge in [0.1, 0.15) is 11.1 Å². The molecule has 0 saturated carbocycles. The summed E-state index contributed by atoms with van der Waals surface area (Å²) in [5.74, 6) is 0.866. The van der Waals surface area contributed by atoms with Gasteiger partial charge in [0, 0.05) is 13.1 Å². The highest BCUT2D eigenvalue weighted by molar-refractivity contribution is 7.18. The van der Waals surface area contributed by atoms with E-state index in [4.69, 9.17) is 14.7 Å². The molecular weight excluding hydrogens is 386 g/mol. The molecule has 2 aromatic carbocycles. The first-order valence-electron chi connectivity index (χ1n) is 9.01. The van der Waals surface area contributed by atoms with Gasteiger partial charge < -0.3 is 14.4 Å². The number of carbonyl (C=O) groups is 1. The summed E-state index contributed by atoms with van der Waals surface area (Å²) in [5.41, 5.74) is 1.74. The summed E-state index contributed by atoms with van der Waals surface area (Å²) in [7, 11) is 3.30. The van der Waals surface area contributed by atoms with E-state index in [2.05, 4.69) is 4.98 Å². The van der Waals surface area contributed by atoms with Crippen LogP contribution < -0.4 is 9.47 Å². The average Bonchev–Trinajstić information content (AvgIpc) is 3.19. The zero-order valence-electron chi connectivity index (χ0n) is 16.5. The lowest BCUT2D eigenvalue weighted by Gasteiger charge is -2.21. The number of hydrogen-bond acceptors (Lipinski definition) is 6. The van der Waals surface area contributed by atoms with Crippen molar-refractivity contribution in [3.05, 3.63) is 59.1 Å². The molecule has 148 valence electrons. The minimum Gasteiger partial charge on any atom is -0.493 e. The van der Waals surface area contributed by atoms with Gasteiger partial charge in [-0.3, -0.25) is 4.79 Å². The zero-order valence-corrected chi connectivity index (χ0v) is 17.3. The number of benzene rings is 2. The van der Waals surface area contributed by atoms with Crippen LogP contribution in [0.15, 0.2) is 48.5 Å². The average molecular weight is 407 g/mol. The standard InChI is InChI=1S/C22H21N3O3S/c1-15(22-24-17-6-4-5-7-20(17)29-22)25(2)21(26)11-9-16-8-10-18(28-13-12-23)19(14-16)27-3/h4-11,14-15H,13H2,1-3H3/b11-9+/t15-/m1/s1. The number of para-hydroxylation sites is 1. The summed E-state index contributed by atoms with van der Waals surface area (Å²) in [4.78, 5) is 18.9. The minimum atomic E-state index is -0.138. The lowest BCUT2D eigenvalue weighted by Crippen LogP contribution is -2.27. The predicted octanol–water partition coefficient (Wildman–Crippen LogP) is 4.44. The second-order valence-electron chi connectivity index (χ2n) is 6.34. The monoisotopic (exact) mass is 407 g/mol. The van der Waals surface area contributed by atoms with Gasteiger partial charge in [0.05, 0.1) is 23.4 Å². The molecule has 1 aromatic heterocycles. The first kappa shape index (κ1) is 20.4. The van der Waals surface area contributed by atoms with E-state index in [1.807, 2.05) is 37.3 Å². The number of ether oxygens (including phenoxy) is 2. The SMILES string of the molecule is COc1cc(/C=C/C(=O)N(C)[C@H](C)c2nc3ccccc3s2)ccc1OCC#N. The number of rotatable bonds is 7. The third-order valence-corrected chi connectivity index (χ3v) is 5.70. The van der Waals surface area contributed by atoms with Crippen LogP contribution >= 0.6 is 11.3 Å². The smallest absolute Gasteiger partial charge is 0.246 e. The van der Waals surface area contributed by atoms with Crippen molar-refractivity contribution in [2.24, 2.45) is 0 Å². The van der Waals surface area contributed by atoms with Crippen LogP contribution in [-0.2, 0) is 4.79 Å². The van der Waals surface area contributed by atoms with Gasteiger partial charge >= 0.3 is 0 Å². The summed E-state index contributed by atoms with van der Waals surface area (Å²) in [6.45, 7) is 1.91. The van der Waals surface area contributed by atoms with Crippen LogP contribution in [0.4, 0.5) is 0 Å². The van der Waals surface area contributed by atoms with Crippen molar-refractivity contribution in [1.82, 2.24) is 9.88 Å². The van der Waals surface area contributed by atoms with Gasteiger partial charge in [-0.25, -0.2) is 4.98 Å². The predicted molar refractivity (Wildman–Crippen MR) is 114 cm³/mol. The summed E-state index contributed by atoms with van der Waals surface area (Å²) in [6, 6.07) is 15.0. The van der Waals surface area contributed by atoms with Gasteiger partial charge in [0.2, 0.25) is 5.91 Å². The molecule has 0 aliphatic rings. The number of nitrogens with zero attached hydrogens (tertiary/aromatic N) is 3. The molecule has 3 rings (SSSR count). The molecule has 0 unspecified atom stereocenters. The summed E-state index contributed by atoms with van der Waals surface area (Å²) >= 11 is 1.60. The topological polar surface area (TPSA) is 75.4 Å². The molecule has 7 heteroatoms. The van der Waals surface area contributed by atoms with E-state index < -0.39 is 0 Å². The van der Waals surface area contributed by atoms with Gasteiger partial charge in [-0.05, 0) is 42.8 Å². The third kappa shape index (κ3) is 4.73. The number of fused-ring (bicyclic) bond motifs is 1. The summed E-state index contributed by atoms with van der Waals surface area (Å²) < 4.78 is 11.7. The molecule has 0 fully saturated rings. The largest absolute Gasteiger partial charge is 0.493 e. The van der Waals surface area contributed by atoms with Gasteiger partial charge in [-0.15, -0.1) is 11.3 Å². The molecule has 0 bridgehead atoms. The van der Waals surface area contributed by atoms with Gasteiger partial charge in [-0.2, -0.15) is 5.26 Å². The molecular formula is C22H21N3O3S. The highest BCUT2D eigenvalue weighted by Gasteiger charge is 2.19. The van der Waals surface area contributed by atoms with Gasteiger partial charge in [0.15, 0.2) is 18.1 Å². The first-order valence-corrected chi connectivity index (χ1v) is 9.83. The molecule has 6 nitrogen and oxygen atoms in total. The molecule has 0 saturated heterocycles. The maximum absolute atomic E-state index is 12.6. The van der Waals surface area contributed by atoms with Crippen molar-refractivity contribution in [3.8, 4) is 17.6 Å². The molecule has 1 heterocycles. The highest BCUT2D eigenvalue weighted by Crippen LogP contribution is 2.30. The van der Waals surface area contributed by atoms with E-state index >= 15 is 0 Å². The van der Waals surface area contributed by atoms with Crippen molar-refractivity contribution in [2.45, 2.75) is 13.0 Å². The molecule has 0 aliphatic heterocycles. The normalized spacial score (nSPS) is 11.9. The Morgan fingerprint density at radius 1 is 1.31 bits per heavy atom. The minimum absolute atomic E-state index is 0.0571. The molecule has 29 heavy (non-hydrogen) atoms. The molecule has 0 N–H and O–H groups in total. The van der Waals surface area contributed by atoms with Crippen molar-refractivity contribution < 1.29 is 14.3 Å². The Hall–Kier alpha value is -3.37. The highest BCUT2D eigenvalue weighted by atomic mass is 32.1. The number of amides is 1. The van der Waals surface area contributed by atoms with E-state index in [1.165, 1.54) is 13.2 Å². The Morgan fingerprint density at radius 3 is 2.83 bits per heavy atom. The van der Waals surface area contributed by atoms with Crippen molar-refractivity contribution >= 4 is 33.5 Å². The van der Waals surface area contributed by atoms with Crippen LogP contribution in [0.2, 0.25) is 0 Å². The lowest BCUT2D eigenvalue weighted by molar-refractivity contribution is -0.126. The molecule has 3 aromatic rings. The maximum atomic E-state index is 12.6. The number of carbonyl (C=O) groups excluding carboxylic acids is 1. The van der Waals surface area contributed by atoms with E-state index in [1.54, 1.807) is 47.6 Å². The second kappa shape index (κ2) is 9.22. The fourth-order valence-corrected chi connectivity index (χ4v) is 3.79. The Labute approximate surface area is 173 Å². The van der Waals surface area contributed by atoms with E-state index in [9.17, 15) is 4.79 Å². The number of likely N-dealkylation sites (N-methyl/N-ethyl adjacent to an activating group) is 1. The molecule has 0 radical (unpaired) electrons. The molecule has 0 aliphatic carbocycles. The second-order valence-corrected chi connectivity index (χ2v) is 7.40. The number of thiazole rings is 1. The number of aromatic nitrogens is 1. The van der Waals surface area contributed by atoms with Crippen LogP contribution in [0.3, 0.4) is 0 Å². The van der Waals surface area contributed by atoms with E-state index in [-0.39, 0.29) is 18.6 Å². The fraction of sp³-hybridized carbons (Fsp3) is 0.227. The number of nitriles is 1. The molecule has 0 spiro atoms. The Balaban J connectivity index is 1.71. The van der Waals surface area contributed by atoms with Crippen LogP contribution in [0, 0.1) is 11.3 Å². The third-order valence-electron chi connectivity index (χ3n) is 4.49. The van der Waals surface area contributed by atoms with Gasteiger partial charge in [0.25, 0.3) is 0 Å². The number of methoxy groups -OCH3 is 1. The van der Waals surface area contributed by atoms with Crippen molar-refractivity contribution in [2.75, 3.05) is 20.8 Å². The van der Waals surface area contributed by atoms with Gasteiger partial charge in [-0.1, -0.05) is 18.2 Å². The number of hydrogen-bond donors (Lipinski definition) is 0. The summed E-state index contributed by atoms with van der Waals surface area (Å²) in [5, 5.41) is 9.54. The first-order chi connectivity index (χ1) is 14.0. The van der Waals surface area contributed by atoms with Crippen LogP contribution in [-0.4, -0.2) is 36.6 Å². The lowest BCUT2D eigenvalue weighted by atomic mass is 10.2. The fourth-order valence-electron chi connectivity index (χ4n) is 2.73. The van der Waals surface area contributed by atoms with E-state index in [0.29, 0.717) is 11.5 Å². The quantitative estimate of drug-likeness (QED) is 0.541. The Bertz CT molecular complexity index is 1050. The maximum Gasteiger partial charge on any atom is 0.246 e. The Morgan fingerprint density at radius 2 is 2.10 bits per heavy atom.